The van der Waals surface area contributed by atoms with E-state index >= 15 is 0 Å². The average molecular weight is 450 g/mol. The summed E-state index contributed by atoms with van der Waals surface area (Å²) in [5.74, 6) is 3.33. The van der Waals surface area contributed by atoms with Crippen molar-refractivity contribution in [2.75, 3.05) is 38.7 Å². The number of carbonyl (C=O) groups excluding carboxylic acids is 1. The fourth-order valence-corrected chi connectivity index (χ4v) is 4.53. The van der Waals surface area contributed by atoms with Gasteiger partial charge in [-0.05, 0) is 61.1 Å². The van der Waals surface area contributed by atoms with Crippen molar-refractivity contribution in [1.29, 1.82) is 0 Å². The molecule has 2 heterocycles. The highest BCUT2D eigenvalue weighted by Crippen LogP contribution is 2.32. The molecule has 33 heavy (non-hydrogen) atoms. The second-order valence-corrected chi connectivity index (χ2v) is 8.60. The Morgan fingerprint density at radius 1 is 1.24 bits per heavy atom. The number of fused-ring (bicyclic) bond motifs is 2. The van der Waals surface area contributed by atoms with Crippen LogP contribution in [0.3, 0.4) is 0 Å². The Bertz CT molecular complexity index is 1040. The lowest BCUT2D eigenvalue weighted by Gasteiger charge is -2.27. The highest BCUT2D eigenvalue weighted by molar-refractivity contribution is 5.94. The third kappa shape index (κ3) is 5.10. The van der Waals surface area contributed by atoms with Gasteiger partial charge in [0.1, 0.15) is 17.3 Å². The Hall–Kier alpha value is -3.15. The molecule has 4 rings (SSSR count). The van der Waals surface area contributed by atoms with Crippen LogP contribution in [0.4, 0.5) is 5.82 Å². The quantitative estimate of drug-likeness (QED) is 0.698. The van der Waals surface area contributed by atoms with Crippen LogP contribution in [0.2, 0.25) is 0 Å². The summed E-state index contributed by atoms with van der Waals surface area (Å²) in [6, 6.07) is 9.87. The molecule has 1 aliphatic carbocycles. The maximum absolute atomic E-state index is 13.4. The average Bonchev–Trinajstić information content (AvgIpc) is 3.31. The van der Waals surface area contributed by atoms with Crippen LogP contribution >= 0.6 is 0 Å². The van der Waals surface area contributed by atoms with Crippen molar-refractivity contribution >= 4 is 17.4 Å². The Morgan fingerprint density at radius 2 is 2.12 bits per heavy atom. The van der Waals surface area contributed by atoms with Gasteiger partial charge >= 0.3 is 0 Å². The van der Waals surface area contributed by atoms with Gasteiger partial charge in [-0.3, -0.25) is 4.79 Å². The van der Waals surface area contributed by atoms with Gasteiger partial charge in [0.15, 0.2) is 0 Å². The van der Waals surface area contributed by atoms with Crippen molar-refractivity contribution in [2.24, 2.45) is 5.92 Å². The number of anilines is 1. The third-order valence-electron chi connectivity index (χ3n) is 6.53. The first-order chi connectivity index (χ1) is 16.1. The summed E-state index contributed by atoms with van der Waals surface area (Å²) in [6.07, 6.45) is 10.2. The molecule has 0 saturated carbocycles. The molecule has 0 saturated heterocycles. The van der Waals surface area contributed by atoms with Gasteiger partial charge in [-0.1, -0.05) is 26.0 Å². The maximum Gasteiger partial charge on any atom is 0.254 e. The molecule has 1 atom stereocenters. The van der Waals surface area contributed by atoms with Gasteiger partial charge in [-0.2, -0.15) is 0 Å². The lowest BCUT2D eigenvalue weighted by molar-refractivity contribution is 0.0744. The molecule has 1 aliphatic heterocycles. The number of benzene rings is 1. The molecular formula is C27H35N3O3. The van der Waals surface area contributed by atoms with E-state index in [1.807, 2.05) is 29.2 Å². The monoisotopic (exact) mass is 449 g/mol. The van der Waals surface area contributed by atoms with Crippen LogP contribution in [0.5, 0.6) is 5.75 Å². The summed E-state index contributed by atoms with van der Waals surface area (Å²) in [6.45, 7) is 6.82. The number of ether oxygens (including phenoxy) is 2. The zero-order valence-corrected chi connectivity index (χ0v) is 20.0. The predicted octanol–water partition coefficient (Wildman–Crippen LogP) is 5.19. The van der Waals surface area contributed by atoms with Crippen LogP contribution in [-0.4, -0.2) is 48.7 Å². The van der Waals surface area contributed by atoms with Crippen molar-refractivity contribution in [3.8, 4) is 5.75 Å². The number of aromatic nitrogens is 1. The first kappa shape index (κ1) is 23.0. The molecule has 1 unspecified atom stereocenters. The lowest BCUT2D eigenvalue weighted by Crippen LogP contribution is -2.36. The van der Waals surface area contributed by atoms with E-state index in [0.717, 1.165) is 54.3 Å². The molecule has 0 bridgehead atoms. The second kappa shape index (κ2) is 10.6. The molecule has 2 aromatic rings. The van der Waals surface area contributed by atoms with E-state index in [1.54, 1.807) is 7.11 Å². The number of hydrogen-bond donors (Lipinski definition) is 1. The highest BCUT2D eigenvalue weighted by Gasteiger charge is 2.21. The summed E-state index contributed by atoms with van der Waals surface area (Å²) in [7, 11) is 1.65. The van der Waals surface area contributed by atoms with E-state index in [0.29, 0.717) is 37.7 Å². The van der Waals surface area contributed by atoms with Crippen LogP contribution in [0.25, 0.3) is 5.70 Å². The van der Waals surface area contributed by atoms with Crippen LogP contribution in [0, 0.1) is 5.92 Å². The Balaban J connectivity index is 1.54. The van der Waals surface area contributed by atoms with Crippen molar-refractivity contribution < 1.29 is 14.3 Å². The maximum atomic E-state index is 13.4. The molecular weight excluding hydrogens is 414 g/mol. The number of nitrogens with one attached hydrogen (secondary N) is 1. The molecule has 6 nitrogen and oxygen atoms in total. The normalized spacial score (nSPS) is 18.9. The predicted molar refractivity (Wildman–Crippen MR) is 133 cm³/mol. The van der Waals surface area contributed by atoms with Gasteiger partial charge in [0, 0.05) is 37.8 Å². The zero-order valence-electron chi connectivity index (χ0n) is 20.0. The van der Waals surface area contributed by atoms with Gasteiger partial charge < -0.3 is 24.3 Å². The summed E-state index contributed by atoms with van der Waals surface area (Å²) in [4.78, 5) is 15.3. The van der Waals surface area contributed by atoms with E-state index < -0.39 is 0 Å². The standard InChI is InChI=1S/C27H35N3O3/c1-4-20-9-12-23-25(18-20)33-17-7-14-29(16-13-28-26-8-6-15-30(23)26)27(31)22-11-10-21(5-2)24(19-22)32-3/h6,8-12,15,19-20,28H,4-5,7,13-14,16-18H2,1-3H3. The largest absolute Gasteiger partial charge is 0.496 e. The third-order valence-corrected chi connectivity index (χ3v) is 6.53. The van der Waals surface area contributed by atoms with E-state index in [1.165, 1.54) is 0 Å². The molecule has 6 heteroatoms. The van der Waals surface area contributed by atoms with Gasteiger partial charge in [-0.25, -0.2) is 0 Å². The number of amides is 1. The second-order valence-electron chi connectivity index (χ2n) is 8.60. The summed E-state index contributed by atoms with van der Waals surface area (Å²) < 4.78 is 14.0. The number of hydrogen-bond acceptors (Lipinski definition) is 4. The topological polar surface area (TPSA) is 55.7 Å². The van der Waals surface area contributed by atoms with E-state index in [4.69, 9.17) is 9.47 Å². The number of aryl methyl sites for hydroxylation is 1. The molecule has 0 fully saturated rings. The van der Waals surface area contributed by atoms with Crippen molar-refractivity contribution in [1.82, 2.24) is 9.47 Å². The van der Waals surface area contributed by atoms with E-state index in [9.17, 15) is 4.79 Å². The minimum atomic E-state index is 0.0248. The Kier molecular flexibility index (Phi) is 7.43. The number of carbonyl (C=O) groups is 1. The molecule has 1 N–H and O–H groups in total. The van der Waals surface area contributed by atoms with Gasteiger partial charge in [0.05, 0.1) is 19.4 Å². The molecule has 2 aliphatic rings. The SMILES string of the molecule is CCc1ccc(C(=O)N2CCCOC3=C(C=CC(CC)C3)n3cccc3NCC2)cc1OC. The smallest absolute Gasteiger partial charge is 0.254 e. The molecule has 1 aromatic carbocycles. The number of rotatable bonds is 4. The molecule has 0 radical (unpaired) electrons. The highest BCUT2D eigenvalue weighted by atomic mass is 16.5. The fourth-order valence-electron chi connectivity index (χ4n) is 4.53. The summed E-state index contributed by atoms with van der Waals surface area (Å²) in [5.41, 5.74) is 2.87. The molecule has 0 spiro atoms. The Morgan fingerprint density at radius 3 is 2.91 bits per heavy atom. The molecule has 176 valence electrons. The van der Waals surface area contributed by atoms with Gasteiger partial charge in [0.2, 0.25) is 0 Å². The molecule has 1 amide bonds. The van der Waals surface area contributed by atoms with Crippen LogP contribution < -0.4 is 10.1 Å². The van der Waals surface area contributed by atoms with Crippen molar-refractivity contribution in [2.45, 2.75) is 39.5 Å². The van der Waals surface area contributed by atoms with Gasteiger partial charge in [0.25, 0.3) is 5.91 Å². The molecule has 1 aromatic heterocycles. The zero-order chi connectivity index (χ0) is 23.2. The number of nitrogens with zero attached hydrogens (tertiary/aromatic N) is 2. The van der Waals surface area contributed by atoms with E-state index in [2.05, 4.69) is 48.1 Å². The van der Waals surface area contributed by atoms with Crippen LogP contribution in [-0.2, 0) is 11.2 Å². The number of methoxy groups -OCH3 is 1. The minimum Gasteiger partial charge on any atom is -0.496 e. The fraction of sp³-hybridized carbons (Fsp3) is 0.444. The minimum absolute atomic E-state index is 0.0248. The first-order valence-corrected chi connectivity index (χ1v) is 12.1. The van der Waals surface area contributed by atoms with Crippen LogP contribution in [0.15, 0.2) is 54.4 Å². The van der Waals surface area contributed by atoms with Crippen LogP contribution in [0.1, 0.15) is 49.0 Å². The van der Waals surface area contributed by atoms with E-state index in [-0.39, 0.29) is 5.91 Å². The van der Waals surface area contributed by atoms with Crippen molar-refractivity contribution in [3.05, 3.63) is 65.6 Å². The first-order valence-electron chi connectivity index (χ1n) is 12.1. The van der Waals surface area contributed by atoms with Crippen molar-refractivity contribution in [3.63, 3.8) is 0 Å². The summed E-state index contributed by atoms with van der Waals surface area (Å²) in [5, 5.41) is 3.52. The van der Waals surface area contributed by atoms with Gasteiger partial charge in [-0.15, -0.1) is 0 Å². The summed E-state index contributed by atoms with van der Waals surface area (Å²) >= 11 is 0. The lowest BCUT2D eigenvalue weighted by atomic mass is 9.95. The Labute approximate surface area is 196 Å². The number of allylic oxidation sites excluding steroid dienone is 4.